The van der Waals surface area contributed by atoms with Crippen molar-refractivity contribution in [1.29, 1.82) is 0 Å². The standard InChI is InChI=1S/C20H22N4O2S/c1-25-17-6-5-15(12-18(17)26-2)23-7-9-24(10-8-23)20-14-21-13-16(22-20)19-4-3-11-27-19/h3-6,11-14H,7-10H2,1-2H3. The molecule has 0 bridgehead atoms. The third kappa shape index (κ3) is 3.68. The summed E-state index contributed by atoms with van der Waals surface area (Å²) in [5.74, 6) is 2.44. The van der Waals surface area contributed by atoms with Crippen molar-refractivity contribution in [3.63, 3.8) is 0 Å². The van der Waals surface area contributed by atoms with Crippen molar-refractivity contribution in [3.8, 4) is 22.1 Å². The molecule has 1 fully saturated rings. The van der Waals surface area contributed by atoms with Crippen LogP contribution in [-0.4, -0.2) is 50.4 Å². The third-order valence-corrected chi connectivity index (χ3v) is 5.62. The van der Waals surface area contributed by atoms with Gasteiger partial charge in [-0.25, -0.2) is 4.98 Å². The molecular formula is C20H22N4O2S. The van der Waals surface area contributed by atoms with E-state index in [2.05, 4.69) is 32.3 Å². The van der Waals surface area contributed by atoms with Crippen molar-refractivity contribution in [2.24, 2.45) is 0 Å². The van der Waals surface area contributed by atoms with Crippen LogP contribution in [0.5, 0.6) is 11.5 Å². The second-order valence-corrected chi connectivity index (χ2v) is 7.20. The summed E-state index contributed by atoms with van der Waals surface area (Å²) in [5.41, 5.74) is 2.08. The van der Waals surface area contributed by atoms with Gasteiger partial charge in [0.05, 0.1) is 31.5 Å². The SMILES string of the molecule is COc1ccc(N2CCN(c3cncc(-c4cccs4)n3)CC2)cc1OC. The number of benzene rings is 1. The minimum absolute atomic E-state index is 0.751. The lowest BCUT2D eigenvalue weighted by Crippen LogP contribution is -2.46. The number of ether oxygens (including phenoxy) is 2. The maximum Gasteiger partial charge on any atom is 0.162 e. The fraction of sp³-hybridized carbons (Fsp3) is 0.300. The topological polar surface area (TPSA) is 50.7 Å². The average molecular weight is 382 g/mol. The third-order valence-electron chi connectivity index (χ3n) is 4.73. The van der Waals surface area contributed by atoms with Gasteiger partial charge in [-0.15, -0.1) is 11.3 Å². The molecule has 3 heterocycles. The molecule has 140 valence electrons. The van der Waals surface area contributed by atoms with Crippen molar-refractivity contribution >= 4 is 22.8 Å². The van der Waals surface area contributed by atoms with Crippen LogP contribution in [0, 0.1) is 0 Å². The molecule has 2 aromatic heterocycles. The van der Waals surface area contributed by atoms with Gasteiger partial charge in [0.15, 0.2) is 11.5 Å². The van der Waals surface area contributed by atoms with Gasteiger partial charge in [0, 0.05) is 37.9 Å². The number of methoxy groups -OCH3 is 2. The van der Waals surface area contributed by atoms with E-state index in [1.54, 1.807) is 25.6 Å². The fourth-order valence-corrected chi connectivity index (χ4v) is 3.95. The zero-order valence-corrected chi connectivity index (χ0v) is 16.3. The highest BCUT2D eigenvalue weighted by Gasteiger charge is 2.20. The summed E-state index contributed by atoms with van der Waals surface area (Å²) in [6, 6.07) is 10.2. The highest BCUT2D eigenvalue weighted by molar-refractivity contribution is 7.13. The lowest BCUT2D eigenvalue weighted by Gasteiger charge is -2.36. The molecule has 1 aliphatic rings. The average Bonchev–Trinajstić information content (AvgIpc) is 3.28. The van der Waals surface area contributed by atoms with Gasteiger partial charge in [0.25, 0.3) is 0 Å². The van der Waals surface area contributed by atoms with Gasteiger partial charge in [0.2, 0.25) is 0 Å². The second kappa shape index (κ2) is 7.84. The van der Waals surface area contributed by atoms with Crippen LogP contribution in [0.1, 0.15) is 0 Å². The minimum atomic E-state index is 0.751. The van der Waals surface area contributed by atoms with Crippen molar-refractivity contribution in [3.05, 3.63) is 48.1 Å². The Bertz CT molecular complexity index is 893. The maximum absolute atomic E-state index is 5.43. The van der Waals surface area contributed by atoms with Crippen LogP contribution >= 0.6 is 11.3 Å². The molecule has 0 amide bonds. The molecule has 0 unspecified atom stereocenters. The number of hydrogen-bond acceptors (Lipinski definition) is 7. The van der Waals surface area contributed by atoms with Crippen molar-refractivity contribution in [1.82, 2.24) is 9.97 Å². The molecule has 1 saturated heterocycles. The zero-order valence-electron chi connectivity index (χ0n) is 15.5. The van der Waals surface area contributed by atoms with Gasteiger partial charge < -0.3 is 19.3 Å². The molecule has 0 N–H and O–H groups in total. The molecule has 1 aliphatic heterocycles. The molecule has 0 atom stereocenters. The summed E-state index contributed by atoms with van der Waals surface area (Å²) in [6.45, 7) is 3.63. The number of nitrogens with zero attached hydrogens (tertiary/aromatic N) is 4. The van der Waals surface area contributed by atoms with Crippen LogP contribution in [0.25, 0.3) is 10.6 Å². The van der Waals surface area contributed by atoms with E-state index in [4.69, 9.17) is 14.5 Å². The number of aromatic nitrogens is 2. The Balaban J connectivity index is 1.46. The highest BCUT2D eigenvalue weighted by atomic mass is 32.1. The van der Waals surface area contributed by atoms with Gasteiger partial charge in [-0.2, -0.15) is 0 Å². The van der Waals surface area contributed by atoms with Gasteiger partial charge in [-0.1, -0.05) is 6.07 Å². The predicted octanol–water partition coefficient (Wildman–Crippen LogP) is 3.55. The first-order chi connectivity index (χ1) is 13.3. The van der Waals surface area contributed by atoms with Gasteiger partial charge in [-0.3, -0.25) is 4.98 Å². The van der Waals surface area contributed by atoms with Gasteiger partial charge >= 0.3 is 0 Å². The van der Waals surface area contributed by atoms with E-state index in [0.717, 1.165) is 59.8 Å². The summed E-state index contributed by atoms with van der Waals surface area (Å²) in [6.07, 6.45) is 3.68. The number of hydrogen-bond donors (Lipinski definition) is 0. The highest BCUT2D eigenvalue weighted by Crippen LogP contribution is 2.32. The Kier molecular flexibility index (Phi) is 5.11. The Labute approximate surface area is 163 Å². The van der Waals surface area contributed by atoms with E-state index in [9.17, 15) is 0 Å². The van der Waals surface area contributed by atoms with Crippen molar-refractivity contribution < 1.29 is 9.47 Å². The number of rotatable bonds is 5. The maximum atomic E-state index is 5.43. The van der Waals surface area contributed by atoms with Crippen LogP contribution in [0.4, 0.5) is 11.5 Å². The Morgan fingerprint density at radius 3 is 2.41 bits per heavy atom. The first-order valence-electron chi connectivity index (χ1n) is 8.86. The van der Waals surface area contributed by atoms with Crippen LogP contribution in [-0.2, 0) is 0 Å². The molecule has 1 aromatic carbocycles. The normalized spacial score (nSPS) is 14.3. The molecule has 0 saturated carbocycles. The predicted molar refractivity (Wildman–Crippen MR) is 109 cm³/mol. The molecular weight excluding hydrogens is 360 g/mol. The molecule has 0 aliphatic carbocycles. The van der Waals surface area contributed by atoms with E-state index in [1.165, 1.54) is 0 Å². The molecule has 4 rings (SSSR count). The number of thiophene rings is 1. The fourth-order valence-electron chi connectivity index (χ4n) is 3.27. The summed E-state index contributed by atoms with van der Waals surface area (Å²) in [7, 11) is 3.32. The Hall–Kier alpha value is -2.80. The van der Waals surface area contributed by atoms with Crippen LogP contribution in [0.2, 0.25) is 0 Å². The lowest BCUT2D eigenvalue weighted by atomic mass is 10.2. The monoisotopic (exact) mass is 382 g/mol. The second-order valence-electron chi connectivity index (χ2n) is 6.25. The molecule has 6 nitrogen and oxygen atoms in total. The lowest BCUT2D eigenvalue weighted by molar-refractivity contribution is 0.355. The van der Waals surface area contributed by atoms with Crippen LogP contribution in [0.15, 0.2) is 48.1 Å². The van der Waals surface area contributed by atoms with E-state index in [-0.39, 0.29) is 0 Å². The van der Waals surface area contributed by atoms with Gasteiger partial charge in [-0.05, 0) is 23.6 Å². The van der Waals surface area contributed by atoms with Crippen LogP contribution in [0.3, 0.4) is 0 Å². The first-order valence-corrected chi connectivity index (χ1v) is 9.74. The molecule has 7 heteroatoms. The van der Waals surface area contributed by atoms with E-state index >= 15 is 0 Å². The zero-order chi connectivity index (χ0) is 18.6. The smallest absolute Gasteiger partial charge is 0.162 e. The number of piperazine rings is 1. The minimum Gasteiger partial charge on any atom is -0.493 e. The Morgan fingerprint density at radius 2 is 1.70 bits per heavy atom. The largest absolute Gasteiger partial charge is 0.493 e. The molecule has 0 spiro atoms. The van der Waals surface area contributed by atoms with Crippen LogP contribution < -0.4 is 19.3 Å². The van der Waals surface area contributed by atoms with E-state index in [0.29, 0.717) is 0 Å². The first kappa shape index (κ1) is 17.6. The molecule has 3 aromatic rings. The summed E-state index contributed by atoms with van der Waals surface area (Å²) in [4.78, 5) is 15.0. The quantitative estimate of drug-likeness (QED) is 0.673. The summed E-state index contributed by atoms with van der Waals surface area (Å²) >= 11 is 1.68. The van der Waals surface area contributed by atoms with Crippen molar-refractivity contribution in [2.75, 3.05) is 50.2 Å². The van der Waals surface area contributed by atoms with E-state index in [1.807, 2.05) is 30.6 Å². The van der Waals surface area contributed by atoms with Crippen molar-refractivity contribution in [2.45, 2.75) is 0 Å². The number of anilines is 2. The Morgan fingerprint density at radius 1 is 0.926 bits per heavy atom. The molecule has 27 heavy (non-hydrogen) atoms. The summed E-state index contributed by atoms with van der Waals surface area (Å²) in [5, 5.41) is 2.06. The molecule has 0 radical (unpaired) electrons. The van der Waals surface area contributed by atoms with Gasteiger partial charge in [0.1, 0.15) is 11.5 Å². The van der Waals surface area contributed by atoms with E-state index < -0.39 is 0 Å². The summed E-state index contributed by atoms with van der Waals surface area (Å²) < 4.78 is 10.8.